The van der Waals surface area contributed by atoms with E-state index in [0.717, 1.165) is 5.56 Å². The Hall–Kier alpha value is -3.08. The largest absolute Gasteiger partial charge is 0.497 e. The molecule has 2 aromatic carbocycles. The molecule has 2 aromatic rings. The summed E-state index contributed by atoms with van der Waals surface area (Å²) in [5.74, 6) is 1.01. The molecule has 0 spiro atoms. The van der Waals surface area contributed by atoms with Gasteiger partial charge in [-0.3, -0.25) is 4.79 Å². The number of nitrogens with one attached hydrogen (secondary N) is 1. The third kappa shape index (κ3) is 5.00. The molecule has 0 saturated carbocycles. The first kappa shape index (κ1) is 16.3. The van der Waals surface area contributed by atoms with Gasteiger partial charge < -0.3 is 9.47 Å². The number of ether oxygens (including phenoxy) is 2. The van der Waals surface area contributed by atoms with Crippen molar-refractivity contribution in [2.24, 2.45) is 5.10 Å². The molecule has 0 bridgehead atoms. The number of rotatable bonds is 6. The van der Waals surface area contributed by atoms with Crippen molar-refractivity contribution in [2.75, 3.05) is 14.2 Å². The average molecular weight is 310 g/mol. The van der Waals surface area contributed by atoms with E-state index in [1.807, 2.05) is 30.3 Å². The molecule has 2 rings (SSSR count). The van der Waals surface area contributed by atoms with Gasteiger partial charge in [0.05, 0.1) is 20.4 Å². The Morgan fingerprint density at radius 1 is 1.09 bits per heavy atom. The predicted octanol–water partition coefficient (Wildman–Crippen LogP) is 2.87. The van der Waals surface area contributed by atoms with Crippen LogP contribution < -0.4 is 14.9 Å². The zero-order valence-electron chi connectivity index (χ0n) is 13.0. The van der Waals surface area contributed by atoms with E-state index in [1.165, 1.54) is 12.3 Å². The van der Waals surface area contributed by atoms with Gasteiger partial charge in [0.2, 0.25) is 0 Å². The molecule has 23 heavy (non-hydrogen) atoms. The summed E-state index contributed by atoms with van der Waals surface area (Å²) in [5.41, 5.74) is 4.09. The molecular weight excluding hydrogens is 292 g/mol. The summed E-state index contributed by atoms with van der Waals surface area (Å²) in [6, 6.07) is 14.9. The second kappa shape index (κ2) is 8.38. The van der Waals surface area contributed by atoms with Gasteiger partial charge >= 0.3 is 0 Å². The summed E-state index contributed by atoms with van der Waals surface area (Å²) in [4.78, 5) is 11.7. The van der Waals surface area contributed by atoms with Crippen LogP contribution in [0, 0.1) is 0 Å². The van der Waals surface area contributed by atoms with Gasteiger partial charge in [-0.25, -0.2) is 5.43 Å². The fourth-order valence-electron chi connectivity index (χ4n) is 1.88. The summed E-state index contributed by atoms with van der Waals surface area (Å²) in [5, 5.41) is 3.93. The molecule has 0 aliphatic rings. The highest BCUT2D eigenvalue weighted by Crippen LogP contribution is 2.22. The summed E-state index contributed by atoms with van der Waals surface area (Å²) < 4.78 is 10.4. The van der Waals surface area contributed by atoms with Crippen LogP contribution in [-0.2, 0) is 4.79 Å². The van der Waals surface area contributed by atoms with Gasteiger partial charge in [0.25, 0.3) is 5.91 Å². The van der Waals surface area contributed by atoms with E-state index < -0.39 is 0 Å². The highest BCUT2D eigenvalue weighted by Gasteiger charge is 2.02. The molecule has 0 aliphatic heterocycles. The summed E-state index contributed by atoms with van der Waals surface area (Å²) in [6.07, 6.45) is 4.65. The maximum Gasteiger partial charge on any atom is 0.264 e. The molecule has 0 saturated heterocycles. The number of nitrogens with zero attached hydrogens (tertiary/aromatic N) is 1. The maximum absolute atomic E-state index is 11.7. The van der Waals surface area contributed by atoms with Crippen molar-refractivity contribution < 1.29 is 14.3 Å². The van der Waals surface area contributed by atoms with Crippen molar-refractivity contribution >= 4 is 18.2 Å². The van der Waals surface area contributed by atoms with Crippen LogP contribution in [0.1, 0.15) is 11.1 Å². The summed E-state index contributed by atoms with van der Waals surface area (Å²) in [7, 11) is 3.15. The quantitative estimate of drug-likeness (QED) is 0.507. The van der Waals surface area contributed by atoms with Crippen LogP contribution >= 0.6 is 0 Å². The van der Waals surface area contributed by atoms with E-state index in [2.05, 4.69) is 10.5 Å². The van der Waals surface area contributed by atoms with Crippen LogP contribution in [0.4, 0.5) is 0 Å². The van der Waals surface area contributed by atoms with Crippen molar-refractivity contribution in [3.63, 3.8) is 0 Å². The normalized spacial score (nSPS) is 10.9. The van der Waals surface area contributed by atoms with Crippen molar-refractivity contribution in [1.82, 2.24) is 5.43 Å². The molecule has 1 N–H and O–H groups in total. The van der Waals surface area contributed by atoms with Crippen molar-refractivity contribution in [3.05, 3.63) is 65.7 Å². The first-order valence-electron chi connectivity index (χ1n) is 7.01. The standard InChI is InChI=1S/C18H18N2O3/c1-22-16-9-10-17(23-2)15(12-16)13-19-20-18(21)11-8-14-6-4-3-5-7-14/h3-13H,1-2H3,(H,20,21)/b11-8+,19-13?. The van der Waals surface area contributed by atoms with E-state index in [4.69, 9.17) is 9.47 Å². The van der Waals surface area contributed by atoms with E-state index in [1.54, 1.807) is 38.5 Å². The molecule has 0 radical (unpaired) electrons. The fraction of sp³-hybridized carbons (Fsp3) is 0.111. The van der Waals surface area contributed by atoms with E-state index >= 15 is 0 Å². The van der Waals surface area contributed by atoms with Crippen LogP contribution in [0.2, 0.25) is 0 Å². The average Bonchev–Trinajstić information content (AvgIpc) is 2.60. The lowest BCUT2D eigenvalue weighted by atomic mass is 10.2. The van der Waals surface area contributed by atoms with Gasteiger partial charge in [0, 0.05) is 11.6 Å². The van der Waals surface area contributed by atoms with Gasteiger partial charge in [0.1, 0.15) is 11.5 Å². The number of hydrogen-bond donors (Lipinski definition) is 1. The molecule has 0 fully saturated rings. The number of amides is 1. The minimum absolute atomic E-state index is 0.313. The number of hydrazone groups is 1. The lowest BCUT2D eigenvalue weighted by Crippen LogP contribution is -2.14. The fourth-order valence-corrected chi connectivity index (χ4v) is 1.88. The molecule has 0 aromatic heterocycles. The SMILES string of the molecule is COc1ccc(OC)c(C=NNC(=O)/C=C/c2ccccc2)c1. The lowest BCUT2D eigenvalue weighted by molar-refractivity contribution is -0.116. The topological polar surface area (TPSA) is 59.9 Å². The molecular formula is C18H18N2O3. The highest BCUT2D eigenvalue weighted by atomic mass is 16.5. The second-order valence-corrected chi connectivity index (χ2v) is 4.59. The maximum atomic E-state index is 11.7. The molecule has 0 aliphatic carbocycles. The number of carbonyl (C=O) groups is 1. The molecule has 5 heteroatoms. The smallest absolute Gasteiger partial charge is 0.264 e. The minimum Gasteiger partial charge on any atom is -0.497 e. The van der Waals surface area contributed by atoms with E-state index in [9.17, 15) is 4.79 Å². The molecule has 0 heterocycles. The molecule has 0 unspecified atom stereocenters. The highest BCUT2D eigenvalue weighted by molar-refractivity contribution is 5.93. The third-order valence-corrected chi connectivity index (χ3v) is 3.04. The minimum atomic E-state index is -0.313. The van der Waals surface area contributed by atoms with Gasteiger partial charge in [-0.2, -0.15) is 5.10 Å². The third-order valence-electron chi connectivity index (χ3n) is 3.04. The lowest BCUT2D eigenvalue weighted by Gasteiger charge is -2.06. The second-order valence-electron chi connectivity index (χ2n) is 4.59. The summed E-state index contributed by atoms with van der Waals surface area (Å²) >= 11 is 0. The summed E-state index contributed by atoms with van der Waals surface area (Å²) in [6.45, 7) is 0. The van der Waals surface area contributed by atoms with Crippen LogP contribution in [-0.4, -0.2) is 26.3 Å². The number of methoxy groups -OCH3 is 2. The Kier molecular flexibility index (Phi) is 5.94. The van der Waals surface area contributed by atoms with Gasteiger partial charge in [-0.05, 0) is 29.8 Å². The number of carbonyl (C=O) groups excluding carboxylic acids is 1. The van der Waals surface area contributed by atoms with Crippen LogP contribution in [0.3, 0.4) is 0 Å². The van der Waals surface area contributed by atoms with Gasteiger partial charge in [-0.1, -0.05) is 30.3 Å². The Balaban J connectivity index is 1.98. The van der Waals surface area contributed by atoms with E-state index in [-0.39, 0.29) is 5.91 Å². The number of benzene rings is 2. The number of hydrogen-bond acceptors (Lipinski definition) is 4. The first-order valence-corrected chi connectivity index (χ1v) is 7.01. The molecule has 1 amide bonds. The Bertz CT molecular complexity index is 709. The zero-order valence-corrected chi connectivity index (χ0v) is 13.0. The van der Waals surface area contributed by atoms with E-state index in [0.29, 0.717) is 17.1 Å². The Morgan fingerprint density at radius 3 is 2.57 bits per heavy atom. The van der Waals surface area contributed by atoms with Gasteiger partial charge in [0.15, 0.2) is 0 Å². The van der Waals surface area contributed by atoms with Crippen molar-refractivity contribution in [2.45, 2.75) is 0 Å². The zero-order chi connectivity index (χ0) is 16.5. The monoisotopic (exact) mass is 310 g/mol. The Morgan fingerprint density at radius 2 is 1.87 bits per heavy atom. The van der Waals surface area contributed by atoms with Crippen LogP contribution in [0.25, 0.3) is 6.08 Å². The van der Waals surface area contributed by atoms with Gasteiger partial charge in [-0.15, -0.1) is 0 Å². The molecule has 0 atom stereocenters. The Labute approximate surface area is 135 Å². The van der Waals surface area contributed by atoms with Crippen LogP contribution in [0.15, 0.2) is 59.7 Å². The molecule has 5 nitrogen and oxygen atoms in total. The van der Waals surface area contributed by atoms with Crippen molar-refractivity contribution in [1.29, 1.82) is 0 Å². The van der Waals surface area contributed by atoms with Crippen molar-refractivity contribution in [3.8, 4) is 11.5 Å². The predicted molar refractivity (Wildman–Crippen MR) is 90.8 cm³/mol. The first-order chi connectivity index (χ1) is 11.2. The molecule has 118 valence electrons. The van der Waals surface area contributed by atoms with Crippen LogP contribution in [0.5, 0.6) is 11.5 Å².